The van der Waals surface area contributed by atoms with Crippen molar-refractivity contribution in [2.24, 2.45) is 0 Å². The number of H-pyrrole nitrogens is 1. The Morgan fingerprint density at radius 2 is 2.24 bits per heavy atom. The molecule has 8 nitrogen and oxygen atoms in total. The largest absolute Gasteiger partial charge is 0.378 e. The van der Waals surface area contributed by atoms with E-state index >= 15 is 0 Å². The minimum Gasteiger partial charge on any atom is -0.378 e. The van der Waals surface area contributed by atoms with E-state index in [1.807, 2.05) is 6.07 Å². The predicted octanol–water partition coefficient (Wildman–Crippen LogP) is -0.0118. The Balaban J connectivity index is 1.41. The number of aromatic amines is 1. The Morgan fingerprint density at radius 3 is 3.10 bits per heavy atom. The van der Waals surface area contributed by atoms with Crippen LogP contribution in [0.2, 0.25) is 0 Å². The molecule has 2 aromatic rings. The van der Waals surface area contributed by atoms with Gasteiger partial charge in [0, 0.05) is 13.2 Å². The van der Waals surface area contributed by atoms with E-state index in [1.165, 1.54) is 4.52 Å². The number of anilines is 1. The van der Waals surface area contributed by atoms with Gasteiger partial charge in [-0.1, -0.05) is 0 Å². The zero-order valence-corrected chi connectivity index (χ0v) is 11.8. The Hall–Kier alpha value is -1.93. The van der Waals surface area contributed by atoms with Gasteiger partial charge in [0.1, 0.15) is 5.82 Å². The van der Waals surface area contributed by atoms with Crippen LogP contribution in [0, 0.1) is 0 Å². The van der Waals surface area contributed by atoms with Gasteiger partial charge in [-0.05, 0) is 44.5 Å². The van der Waals surface area contributed by atoms with E-state index in [1.54, 1.807) is 6.07 Å². The fraction of sp³-hybridized carbons (Fsp3) is 0.615. The maximum Gasteiger partial charge on any atom is 0.364 e. The molecule has 3 rings (SSSR count). The number of rotatable bonds is 6. The highest BCUT2D eigenvalue weighted by Gasteiger charge is 2.12. The second kappa shape index (κ2) is 6.68. The molecule has 0 aromatic carbocycles. The van der Waals surface area contributed by atoms with Crippen molar-refractivity contribution in [1.29, 1.82) is 0 Å². The van der Waals surface area contributed by atoms with E-state index in [9.17, 15) is 4.79 Å². The molecule has 0 atom stereocenters. The summed E-state index contributed by atoms with van der Waals surface area (Å²) >= 11 is 0. The lowest BCUT2D eigenvalue weighted by molar-refractivity contribution is 0.0329. The minimum atomic E-state index is -0.331. The van der Waals surface area contributed by atoms with Crippen molar-refractivity contribution in [2.75, 3.05) is 31.6 Å². The lowest BCUT2D eigenvalue weighted by atomic mass is 10.1. The highest BCUT2D eigenvalue weighted by molar-refractivity contribution is 5.42. The molecule has 8 heteroatoms. The fourth-order valence-electron chi connectivity index (χ4n) is 2.40. The molecule has 1 aliphatic rings. The highest BCUT2D eigenvalue weighted by Crippen LogP contribution is 2.07. The summed E-state index contributed by atoms with van der Waals surface area (Å²) in [6.07, 6.45) is 3.49. The van der Waals surface area contributed by atoms with Gasteiger partial charge < -0.3 is 15.4 Å². The number of hydrogen-bond donors (Lipinski definition) is 3. The number of piperidine rings is 1. The van der Waals surface area contributed by atoms with Crippen molar-refractivity contribution in [3.05, 3.63) is 22.6 Å². The van der Waals surface area contributed by atoms with Gasteiger partial charge in [0.2, 0.25) is 0 Å². The molecule has 21 heavy (non-hydrogen) atoms. The molecule has 0 amide bonds. The smallest absolute Gasteiger partial charge is 0.364 e. The van der Waals surface area contributed by atoms with Crippen LogP contribution in [0.1, 0.15) is 19.3 Å². The summed E-state index contributed by atoms with van der Waals surface area (Å²) in [6.45, 7) is 3.60. The second-order valence-corrected chi connectivity index (χ2v) is 5.12. The number of fused-ring (bicyclic) bond motifs is 1. The third-order valence-electron chi connectivity index (χ3n) is 3.54. The standard InChI is InChI=1S/C13H20N6O2/c20-13-17-16-12-3-2-11(18-19(12)13)15-6-1-9-21-10-4-7-14-8-5-10/h2-3,10,14H,1,4-9H2,(H,15,18)(H,17,20). The van der Waals surface area contributed by atoms with Gasteiger partial charge in [0.15, 0.2) is 5.65 Å². The van der Waals surface area contributed by atoms with Crippen molar-refractivity contribution >= 4 is 11.5 Å². The third-order valence-corrected chi connectivity index (χ3v) is 3.54. The average Bonchev–Trinajstić information content (AvgIpc) is 2.89. The summed E-state index contributed by atoms with van der Waals surface area (Å²) in [5.74, 6) is 0.660. The monoisotopic (exact) mass is 292 g/mol. The summed E-state index contributed by atoms with van der Waals surface area (Å²) in [5, 5.41) is 16.9. The lowest BCUT2D eigenvalue weighted by Gasteiger charge is -2.22. The first-order valence-corrected chi connectivity index (χ1v) is 7.33. The molecular formula is C13H20N6O2. The number of hydrogen-bond acceptors (Lipinski definition) is 6. The maximum absolute atomic E-state index is 11.4. The molecule has 1 fully saturated rings. The van der Waals surface area contributed by atoms with E-state index in [4.69, 9.17) is 4.74 Å². The van der Waals surface area contributed by atoms with Crippen molar-refractivity contribution in [2.45, 2.75) is 25.4 Å². The van der Waals surface area contributed by atoms with Crippen LogP contribution in [-0.4, -0.2) is 52.2 Å². The Bertz CT molecular complexity index is 631. The van der Waals surface area contributed by atoms with Gasteiger partial charge in [-0.3, -0.25) is 0 Å². The highest BCUT2D eigenvalue weighted by atomic mass is 16.5. The third kappa shape index (κ3) is 3.59. The van der Waals surface area contributed by atoms with Crippen LogP contribution < -0.4 is 16.3 Å². The first-order valence-electron chi connectivity index (χ1n) is 7.33. The van der Waals surface area contributed by atoms with Crippen molar-refractivity contribution < 1.29 is 4.74 Å². The van der Waals surface area contributed by atoms with Crippen molar-refractivity contribution in [3.8, 4) is 0 Å². The van der Waals surface area contributed by atoms with Crippen LogP contribution in [-0.2, 0) is 4.74 Å². The molecular weight excluding hydrogens is 272 g/mol. The van der Waals surface area contributed by atoms with Crippen LogP contribution in [0.3, 0.4) is 0 Å². The topological polar surface area (TPSA) is 96.3 Å². The molecule has 0 aliphatic carbocycles. The van der Waals surface area contributed by atoms with Crippen LogP contribution in [0.25, 0.3) is 5.65 Å². The van der Waals surface area contributed by atoms with Gasteiger partial charge in [-0.25, -0.2) is 9.89 Å². The Labute approximate surface area is 121 Å². The average molecular weight is 292 g/mol. The summed E-state index contributed by atoms with van der Waals surface area (Å²) in [7, 11) is 0. The van der Waals surface area contributed by atoms with Crippen LogP contribution >= 0.6 is 0 Å². The van der Waals surface area contributed by atoms with Gasteiger partial charge in [-0.2, -0.15) is 9.61 Å². The summed E-state index contributed by atoms with van der Waals surface area (Å²) < 4.78 is 7.07. The van der Waals surface area contributed by atoms with Crippen molar-refractivity contribution in [1.82, 2.24) is 25.1 Å². The number of aromatic nitrogens is 4. The summed E-state index contributed by atoms with van der Waals surface area (Å²) in [5.41, 5.74) is 0.183. The van der Waals surface area contributed by atoms with E-state index in [0.29, 0.717) is 17.6 Å². The van der Waals surface area contributed by atoms with Crippen LogP contribution in [0.15, 0.2) is 16.9 Å². The second-order valence-electron chi connectivity index (χ2n) is 5.12. The summed E-state index contributed by atoms with van der Waals surface area (Å²) in [6, 6.07) is 3.56. The first kappa shape index (κ1) is 14.0. The maximum atomic E-state index is 11.4. The van der Waals surface area contributed by atoms with Gasteiger partial charge in [-0.15, -0.1) is 5.10 Å². The molecule has 0 spiro atoms. The van der Waals surface area contributed by atoms with Crippen LogP contribution in [0.4, 0.5) is 5.82 Å². The Morgan fingerprint density at radius 1 is 1.38 bits per heavy atom. The Kier molecular flexibility index (Phi) is 4.46. The molecule has 114 valence electrons. The SMILES string of the molecule is O=c1[nH]nc2ccc(NCCCOC3CCNCC3)nn12. The molecule has 2 aromatic heterocycles. The fourth-order valence-corrected chi connectivity index (χ4v) is 2.40. The van der Waals surface area contributed by atoms with E-state index in [0.717, 1.165) is 45.5 Å². The number of ether oxygens (including phenoxy) is 1. The molecule has 1 aliphatic heterocycles. The first-order chi connectivity index (χ1) is 10.3. The zero-order chi connectivity index (χ0) is 14.5. The van der Waals surface area contributed by atoms with Gasteiger partial charge in [0.05, 0.1) is 6.10 Å². The van der Waals surface area contributed by atoms with E-state index < -0.39 is 0 Å². The van der Waals surface area contributed by atoms with E-state index in [2.05, 4.69) is 25.9 Å². The quantitative estimate of drug-likeness (QED) is 0.648. The zero-order valence-electron chi connectivity index (χ0n) is 11.8. The predicted molar refractivity (Wildman–Crippen MR) is 78.6 cm³/mol. The summed E-state index contributed by atoms with van der Waals surface area (Å²) in [4.78, 5) is 11.4. The van der Waals surface area contributed by atoms with Crippen LogP contribution in [0.5, 0.6) is 0 Å². The van der Waals surface area contributed by atoms with Crippen molar-refractivity contribution in [3.63, 3.8) is 0 Å². The van der Waals surface area contributed by atoms with E-state index in [-0.39, 0.29) is 5.69 Å². The van der Waals surface area contributed by atoms with Gasteiger partial charge in [0.25, 0.3) is 0 Å². The molecule has 3 heterocycles. The molecule has 3 N–H and O–H groups in total. The number of nitrogens with zero attached hydrogens (tertiary/aromatic N) is 3. The lowest BCUT2D eigenvalue weighted by Crippen LogP contribution is -2.32. The molecule has 0 unspecified atom stereocenters. The van der Waals surface area contributed by atoms with Gasteiger partial charge >= 0.3 is 5.69 Å². The molecule has 0 saturated carbocycles. The molecule has 0 bridgehead atoms. The molecule has 1 saturated heterocycles. The number of nitrogens with one attached hydrogen (secondary N) is 3. The minimum absolute atomic E-state index is 0.331. The molecule has 0 radical (unpaired) electrons. The normalized spacial score (nSPS) is 16.4.